The quantitative estimate of drug-likeness (QED) is 0.0585. The van der Waals surface area contributed by atoms with Gasteiger partial charge in [0.25, 0.3) is 5.91 Å². The Balaban J connectivity index is 1.79. The van der Waals surface area contributed by atoms with E-state index in [-0.39, 0.29) is 30.4 Å². The molecule has 5 atom stereocenters. The van der Waals surface area contributed by atoms with Crippen molar-refractivity contribution in [2.24, 2.45) is 28.7 Å². The summed E-state index contributed by atoms with van der Waals surface area (Å²) in [6, 6.07) is 10.4. The molecule has 2 aromatic carbocycles. The molecule has 1 fully saturated rings. The summed E-state index contributed by atoms with van der Waals surface area (Å²) >= 11 is 0. The number of rotatable bonds is 23. The van der Waals surface area contributed by atoms with Gasteiger partial charge >= 0.3 is 12.1 Å². The van der Waals surface area contributed by atoms with Crippen molar-refractivity contribution in [1.29, 1.82) is 0 Å². The summed E-state index contributed by atoms with van der Waals surface area (Å²) in [5.74, 6) is -3.86. The summed E-state index contributed by atoms with van der Waals surface area (Å²) in [6.07, 6.45) is 2.55. The molecule has 2 aromatic rings. The average molecular weight is 1040 g/mol. The minimum absolute atomic E-state index is 0.0357. The Kier molecular flexibility index (Phi) is 20.8. The highest BCUT2D eigenvalue weighted by Crippen LogP contribution is 2.45. The second-order valence-electron chi connectivity index (χ2n) is 22.6. The van der Waals surface area contributed by atoms with Gasteiger partial charge in [-0.25, -0.2) is 22.7 Å². The number of benzene rings is 2. The molecule has 9 N–H and O–H groups in total. The van der Waals surface area contributed by atoms with Crippen LogP contribution in [0.4, 0.5) is 9.59 Å². The third-order valence-electron chi connectivity index (χ3n) is 13.0. The molecular formula is C53H83N9O10S. The Hall–Kier alpha value is -6.02. The molecule has 0 aromatic heterocycles. The van der Waals surface area contributed by atoms with Crippen LogP contribution in [0.25, 0.3) is 0 Å². The maximum Gasteiger partial charge on any atom is 0.410 e. The van der Waals surface area contributed by atoms with E-state index in [1.807, 2.05) is 58.0 Å². The SMILES string of the molecule is C/C(=C\[C@H](C(C)C)N(C)C(=O)[C@@H](NC(=O)[C@@H](N(C)C(=O)OC(C)(C)C)C(C)(C)c1ccccc1)C(C)(C)C)C(=O)NS(=O)(=O)Cc1ccc(C2(NC(=O)C(CCCNC(N)=O)NC(=O)[C@@H](N)C(C)C)CC2)cc1. The number of urea groups is 1. The number of nitrogens with two attached hydrogens (primary N) is 2. The van der Waals surface area contributed by atoms with Gasteiger partial charge in [0.1, 0.15) is 23.7 Å². The Morgan fingerprint density at radius 2 is 1.37 bits per heavy atom. The number of sulfonamides is 1. The van der Waals surface area contributed by atoms with E-state index in [2.05, 4.69) is 26.0 Å². The number of hydrogen-bond donors (Lipinski definition) is 7. The average Bonchev–Trinajstić information content (AvgIpc) is 4.06. The number of nitrogens with one attached hydrogen (secondary N) is 5. The number of hydrogen-bond acceptors (Lipinski definition) is 11. The zero-order valence-electron chi connectivity index (χ0n) is 45.6. The van der Waals surface area contributed by atoms with Crippen LogP contribution in [0.1, 0.15) is 132 Å². The van der Waals surface area contributed by atoms with Crippen LogP contribution >= 0.6 is 0 Å². The fraction of sp³-hybridized carbons (Fsp3) is 0.604. The second-order valence-corrected chi connectivity index (χ2v) is 24.4. The maximum atomic E-state index is 14.6. The van der Waals surface area contributed by atoms with Crippen molar-refractivity contribution in [3.8, 4) is 0 Å². The first-order chi connectivity index (χ1) is 33.5. The van der Waals surface area contributed by atoms with Crippen molar-refractivity contribution < 1.29 is 46.7 Å². The molecule has 19 nitrogen and oxygen atoms in total. The van der Waals surface area contributed by atoms with Gasteiger partial charge in [-0.2, -0.15) is 0 Å². The molecule has 0 aliphatic heterocycles. The Morgan fingerprint density at radius 3 is 1.86 bits per heavy atom. The third-order valence-corrected chi connectivity index (χ3v) is 14.2. The molecule has 1 aliphatic carbocycles. The summed E-state index contributed by atoms with van der Waals surface area (Å²) in [6.45, 7) is 23.2. The predicted molar refractivity (Wildman–Crippen MR) is 282 cm³/mol. The van der Waals surface area contributed by atoms with Crippen LogP contribution < -0.4 is 37.5 Å². The number of primary amides is 1. The lowest BCUT2D eigenvalue weighted by Crippen LogP contribution is -2.63. The van der Waals surface area contributed by atoms with Gasteiger partial charge in [0.15, 0.2) is 0 Å². The van der Waals surface area contributed by atoms with E-state index in [1.54, 1.807) is 86.7 Å². The molecule has 3 rings (SSSR count). The number of likely N-dealkylation sites (N-methyl/N-ethyl adjacent to an activating group) is 2. The minimum Gasteiger partial charge on any atom is -0.444 e. The van der Waals surface area contributed by atoms with Gasteiger partial charge in [-0.1, -0.05) is 123 Å². The van der Waals surface area contributed by atoms with Gasteiger partial charge in [0.05, 0.1) is 23.4 Å². The van der Waals surface area contributed by atoms with Crippen LogP contribution in [-0.2, 0) is 55.4 Å². The first-order valence-corrected chi connectivity index (χ1v) is 26.5. The Labute approximate surface area is 433 Å². The highest BCUT2D eigenvalue weighted by atomic mass is 32.2. The third kappa shape index (κ3) is 17.6. The van der Waals surface area contributed by atoms with Crippen molar-refractivity contribution in [2.75, 3.05) is 20.6 Å². The fourth-order valence-corrected chi connectivity index (χ4v) is 9.59. The number of ether oxygens (including phenoxy) is 1. The Morgan fingerprint density at radius 1 is 0.795 bits per heavy atom. The van der Waals surface area contributed by atoms with Gasteiger partial charge in [0.2, 0.25) is 33.7 Å². The van der Waals surface area contributed by atoms with E-state index >= 15 is 0 Å². The summed E-state index contributed by atoms with van der Waals surface area (Å²) in [5, 5.41) is 11.2. The number of nitrogens with zero attached hydrogens (tertiary/aromatic N) is 2. The van der Waals surface area contributed by atoms with Gasteiger partial charge in [-0.05, 0) is 87.3 Å². The van der Waals surface area contributed by atoms with E-state index in [0.717, 1.165) is 11.1 Å². The molecule has 73 heavy (non-hydrogen) atoms. The van der Waals surface area contributed by atoms with Crippen molar-refractivity contribution in [3.05, 3.63) is 82.9 Å². The number of carbonyl (C=O) groups is 7. The molecule has 1 unspecified atom stereocenters. The summed E-state index contributed by atoms with van der Waals surface area (Å²) < 4.78 is 34.8. The highest BCUT2D eigenvalue weighted by molar-refractivity contribution is 7.89. The maximum absolute atomic E-state index is 14.6. The lowest BCUT2D eigenvalue weighted by molar-refractivity contribution is -0.141. The standard InChI is InChI=1S/C53H83N9O10S/c1-32(2)39(61(14)47(67)41(50(6,7)8)58-46(66)42(62(15)49(69)72-51(9,10)11)52(12,13)36-20-17-16-18-21-36)30-34(5)43(63)60-73(70,71)31-35-23-25-37(26-24-35)53(27-28-53)59-44(64)38(22-19-29-56-48(55)68)57-45(65)40(54)33(3)4/h16-18,20-21,23-26,30,32-33,38-42H,19,22,27-29,31,54H2,1-15H3,(H,57,65)(H,58,66)(H,59,64)(H,60,63)(H3,55,56,68)/b34-30+/t38?,39-,40+,41-,42-/m1/s1. The van der Waals surface area contributed by atoms with E-state index in [1.165, 1.54) is 29.8 Å². The van der Waals surface area contributed by atoms with E-state index in [0.29, 0.717) is 24.8 Å². The van der Waals surface area contributed by atoms with Crippen molar-refractivity contribution in [3.63, 3.8) is 0 Å². The largest absolute Gasteiger partial charge is 0.444 e. The molecule has 0 radical (unpaired) electrons. The first kappa shape index (κ1) is 61.3. The smallest absolute Gasteiger partial charge is 0.410 e. The number of amides is 8. The molecule has 20 heteroatoms. The molecule has 0 heterocycles. The topological polar surface area (TPSA) is 282 Å². The van der Waals surface area contributed by atoms with Crippen molar-refractivity contribution in [2.45, 2.75) is 168 Å². The van der Waals surface area contributed by atoms with Gasteiger partial charge in [-0.3, -0.25) is 28.9 Å². The lowest BCUT2D eigenvalue weighted by Gasteiger charge is -2.42. The molecule has 1 saturated carbocycles. The van der Waals surface area contributed by atoms with Gasteiger partial charge < -0.3 is 42.4 Å². The summed E-state index contributed by atoms with van der Waals surface area (Å²) in [4.78, 5) is 96.7. The molecule has 1 aliphatic rings. The van der Waals surface area contributed by atoms with E-state index in [9.17, 15) is 42.0 Å². The normalized spacial score (nSPS) is 15.9. The van der Waals surface area contributed by atoms with Gasteiger partial charge in [0, 0.05) is 31.6 Å². The monoisotopic (exact) mass is 1040 g/mol. The van der Waals surface area contributed by atoms with Crippen LogP contribution in [0.3, 0.4) is 0 Å². The minimum atomic E-state index is -4.25. The zero-order valence-corrected chi connectivity index (χ0v) is 46.4. The van der Waals surface area contributed by atoms with Crippen molar-refractivity contribution >= 4 is 51.7 Å². The molecule has 406 valence electrons. The predicted octanol–water partition coefficient (Wildman–Crippen LogP) is 4.83. The van der Waals surface area contributed by atoms with E-state index in [4.69, 9.17) is 16.2 Å². The Bertz CT molecular complexity index is 2420. The molecule has 8 amide bonds. The van der Waals surface area contributed by atoms with Crippen LogP contribution in [0.2, 0.25) is 0 Å². The van der Waals surface area contributed by atoms with E-state index < -0.39 is 110 Å². The zero-order chi connectivity index (χ0) is 55.6. The molecular weight excluding hydrogens is 955 g/mol. The lowest BCUT2D eigenvalue weighted by atomic mass is 9.76. The van der Waals surface area contributed by atoms with Crippen LogP contribution in [0, 0.1) is 17.3 Å². The van der Waals surface area contributed by atoms with Crippen LogP contribution in [-0.4, -0.2) is 116 Å². The van der Waals surface area contributed by atoms with Crippen molar-refractivity contribution in [1.82, 2.24) is 35.8 Å². The number of carbonyl (C=O) groups excluding carboxylic acids is 7. The van der Waals surface area contributed by atoms with Crippen LogP contribution in [0.5, 0.6) is 0 Å². The summed E-state index contributed by atoms with van der Waals surface area (Å²) in [5.41, 5.74) is 9.72. The highest BCUT2D eigenvalue weighted by Gasteiger charge is 2.48. The van der Waals surface area contributed by atoms with Crippen LogP contribution in [0.15, 0.2) is 66.2 Å². The van der Waals surface area contributed by atoms with Gasteiger partial charge in [-0.15, -0.1) is 0 Å². The molecule has 0 spiro atoms. The molecule has 0 saturated heterocycles. The fourth-order valence-electron chi connectivity index (χ4n) is 8.44. The first-order valence-electron chi connectivity index (χ1n) is 24.9. The molecule has 0 bridgehead atoms. The second kappa shape index (κ2) is 24.8. The summed E-state index contributed by atoms with van der Waals surface area (Å²) in [7, 11) is -1.20.